The molecule has 2 aromatic rings. The van der Waals surface area contributed by atoms with Gasteiger partial charge in [-0.15, -0.1) is 0 Å². The smallest absolute Gasteiger partial charge is 0.123 e. The molecular weight excluding hydrogens is 234 g/mol. The number of hydrogen-bond donors (Lipinski definition) is 1. The predicted molar refractivity (Wildman–Crippen MR) is 81.2 cm³/mol. The van der Waals surface area contributed by atoms with Crippen LogP contribution >= 0.6 is 0 Å². The number of para-hydroxylation sites is 2. The molecular formula is C16H25N3. The van der Waals surface area contributed by atoms with E-state index in [1.54, 1.807) is 0 Å². The topological polar surface area (TPSA) is 29.9 Å². The first-order chi connectivity index (χ1) is 8.93. The van der Waals surface area contributed by atoms with Gasteiger partial charge in [-0.2, -0.15) is 0 Å². The van der Waals surface area contributed by atoms with Gasteiger partial charge in [-0.05, 0) is 31.4 Å². The van der Waals surface area contributed by atoms with Gasteiger partial charge in [0.05, 0.1) is 17.6 Å². The van der Waals surface area contributed by atoms with Crippen LogP contribution in [0.3, 0.4) is 0 Å². The van der Waals surface area contributed by atoms with E-state index in [9.17, 15) is 0 Å². The van der Waals surface area contributed by atoms with Crippen molar-refractivity contribution in [3.8, 4) is 0 Å². The first kappa shape index (κ1) is 14.1. The first-order valence-corrected chi connectivity index (χ1v) is 7.11. The minimum absolute atomic E-state index is 0.267. The van der Waals surface area contributed by atoms with Crippen LogP contribution in [0.4, 0.5) is 0 Å². The molecule has 0 bridgehead atoms. The van der Waals surface area contributed by atoms with Crippen molar-refractivity contribution >= 4 is 11.0 Å². The highest BCUT2D eigenvalue weighted by Gasteiger charge is 2.20. The number of benzene rings is 1. The van der Waals surface area contributed by atoms with E-state index in [0.29, 0.717) is 6.04 Å². The summed E-state index contributed by atoms with van der Waals surface area (Å²) in [7, 11) is 0. The Bertz CT molecular complexity index is 549. The lowest BCUT2D eigenvalue weighted by Crippen LogP contribution is -2.37. The van der Waals surface area contributed by atoms with Crippen LogP contribution in [0.5, 0.6) is 0 Å². The van der Waals surface area contributed by atoms with Crippen LogP contribution in [0, 0.1) is 5.41 Å². The molecule has 3 heteroatoms. The second-order valence-corrected chi connectivity index (χ2v) is 6.23. The van der Waals surface area contributed by atoms with E-state index in [4.69, 9.17) is 4.98 Å². The van der Waals surface area contributed by atoms with Crippen molar-refractivity contribution in [3.63, 3.8) is 0 Å². The Morgan fingerprint density at radius 3 is 2.58 bits per heavy atom. The van der Waals surface area contributed by atoms with Crippen molar-refractivity contribution < 1.29 is 0 Å². The molecule has 2 rings (SSSR count). The van der Waals surface area contributed by atoms with Crippen LogP contribution in [0.1, 0.15) is 40.4 Å². The second-order valence-electron chi connectivity index (χ2n) is 6.23. The van der Waals surface area contributed by atoms with E-state index in [-0.39, 0.29) is 5.41 Å². The highest BCUT2D eigenvalue weighted by molar-refractivity contribution is 5.75. The molecule has 19 heavy (non-hydrogen) atoms. The second kappa shape index (κ2) is 5.33. The van der Waals surface area contributed by atoms with Crippen LogP contribution in [0.25, 0.3) is 11.0 Å². The van der Waals surface area contributed by atoms with Crippen molar-refractivity contribution in [2.45, 2.75) is 53.8 Å². The number of imidazole rings is 1. The Morgan fingerprint density at radius 2 is 1.95 bits per heavy atom. The summed E-state index contributed by atoms with van der Waals surface area (Å²) in [5.41, 5.74) is 2.58. The van der Waals surface area contributed by atoms with E-state index in [1.165, 1.54) is 5.52 Å². The number of nitrogens with zero attached hydrogens (tertiary/aromatic N) is 2. The molecule has 3 nitrogen and oxygen atoms in total. The maximum Gasteiger partial charge on any atom is 0.123 e. The summed E-state index contributed by atoms with van der Waals surface area (Å²) in [6.07, 6.45) is 0. The standard InChI is InChI=1S/C16H25N3/c1-6-19-14-10-8-7-9-13(14)18-15(19)11-17-12(2)16(3,4)5/h7-10,12,17H,6,11H2,1-5H3. The third-order valence-electron chi connectivity index (χ3n) is 3.92. The maximum absolute atomic E-state index is 4.74. The normalized spacial score (nSPS) is 13.9. The Kier molecular flexibility index (Phi) is 3.95. The largest absolute Gasteiger partial charge is 0.327 e. The van der Waals surface area contributed by atoms with Crippen molar-refractivity contribution in [2.75, 3.05) is 0 Å². The number of nitrogens with one attached hydrogen (secondary N) is 1. The van der Waals surface area contributed by atoms with Gasteiger partial charge in [0.15, 0.2) is 0 Å². The average Bonchev–Trinajstić information content (AvgIpc) is 2.72. The Hall–Kier alpha value is -1.35. The van der Waals surface area contributed by atoms with Crippen molar-refractivity contribution in [3.05, 3.63) is 30.1 Å². The van der Waals surface area contributed by atoms with E-state index in [1.807, 2.05) is 6.07 Å². The monoisotopic (exact) mass is 259 g/mol. The molecule has 0 aliphatic carbocycles. The number of aryl methyl sites for hydroxylation is 1. The first-order valence-electron chi connectivity index (χ1n) is 7.11. The van der Waals surface area contributed by atoms with E-state index in [0.717, 1.165) is 24.4 Å². The SMILES string of the molecule is CCn1c(CNC(C)C(C)(C)C)nc2ccccc21. The molecule has 0 amide bonds. The zero-order valence-corrected chi connectivity index (χ0v) is 12.7. The molecule has 0 spiro atoms. The lowest BCUT2D eigenvalue weighted by Gasteiger charge is -2.28. The molecule has 0 aliphatic rings. The van der Waals surface area contributed by atoms with Crippen LogP contribution in [0.15, 0.2) is 24.3 Å². The lowest BCUT2D eigenvalue weighted by atomic mass is 9.88. The molecule has 1 aromatic carbocycles. The third kappa shape index (κ3) is 2.98. The summed E-state index contributed by atoms with van der Waals surface area (Å²) in [5, 5.41) is 3.59. The van der Waals surface area contributed by atoms with Crippen LogP contribution < -0.4 is 5.32 Å². The summed E-state index contributed by atoms with van der Waals surface area (Å²) in [6.45, 7) is 13.0. The van der Waals surface area contributed by atoms with Gasteiger partial charge in [0, 0.05) is 12.6 Å². The minimum atomic E-state index is 0.267. The molecule has 1 unspecified atom stereocenters. The van der Waals surface area contributed by atoms with Gasteiger partial charge in [-0.3, -0.25) is 0 Å². The van der Waals surface area contributed by atoms with Crippen LogP contribution in [-0.4, -0.2) is 15.6 Å². The van der Waals surface area contributed by atoms with Gasteiger partial charge in [-0.25, -0.2) is 4.98 Å². The maximum atomic E-state index is 4.74. The average molecular weight is 259 g/mol. The fraction of sp³-hybridized carbons (Fsp3) is 0.562. The third-order valence-corrected chi connectivity index (χ3v) is 3.92. The molecule has 1 aromatic heterocycles. The summed E-state index contributed by atoms with van der Waals surface area (Å²) in [4.78, 5) is 4.74. The van der Waals surface area contributed by atoms with Gasteiger partial charge >= 0.3 is 0 Å². The quantitative estimate of drug-likeness (QED) is 0.909. The zero-order valence-electron chi connectivity index (χ0n) is 12.7. The fourth-order valence-electron chi connectivity index (χ4n) is 2.16. The van der Waals surface area contributed by atoms with Gasteiger partial charge in [0.25, 0.3) is 0 Å². The van der Waals surface area contributed by atoms with Crippen molar-refractivity contribution in [2.24, 2.45) is 5.41 Å². The Labute approximate surface area is 116 Å². The molecule has 1 heterocycles. The number of aromatic nitrogens is 2. The molecule has 0 fully saturated rings. The molecule has 104 valence electrons. The summed E-state index contributed by atoms with van der Waals surface area (Å²) in [5.74, 6) is 1.12. The van der Waals surface area contributed by atoms with Crippen LogP contribution in [-0.2, 0) is 13.1 Å². The molecule has 0 saturated carbocycles. The zero-order chi connectivity index (χ0) is 14.0. The van der Waals surface area contributed by atoms with Gasteiger partial charge in [0.1, 0.15) is 5.82 Å². The fourth-order valence-corrected chi connectivity index (χ4v) is 2.16. The van der Waals surface area contributed by atoms with E-state index in [2.05, 4.69) is 62.7 Å². The van der Waals surface area contributed by atoms with Crippen LogP contribution in [0.2, 0.25) is 0 Å². The Balaban J connectivity index is 2.21. The summed E-state index contributed by atoms with van der Waals surface area (Å²) >= 11 is 0. The summed E-state index contributed by atoms with van der Waals surface area (Å²) < 4.78 is 2.29. The minimum Gasteiger partial charge on any atom is -0.327 e. The molecule has 1 N–H and O–H groups in total. The van der Waals surface area contributed by atoms with E-state index >= 15 is 0 Å². The van der Waals surface area contributed by atoms with Gasteiger partial charge in [0.2, 0.25) is 0 Å². The predicted octanol–water partition coefficient (Wildman–Crippen LogP) is 3.58. The number of rotatable bonds is 4. The Morgan fingerprint density at radius 1 is 1.26 bits per heavy atom. The molecule has 0 saturated heterocycles. The van der Waals surface area contributed by atoms with Gasteiger partial charge in [-0.1, -0.05) is 32.9 Å². The number of hydrogen-bond acceptors (Lipinski definition) is 2. The number of fused-ring (bicyclic) bond motifs is 1. The highest BCUT2D eigenvalue weighted by atomic mass is 15.1. The lowest BCUT2D eigenvalue weighted by molar-refractivity contribution is 0.282. The highest BCUT2D eigenvalue weighted by Crippen LogP contribution is 2.20. The molecule has 0 aliphatic heterocycles. The van der Waals surface area contributed by atoms with Crippen molar-refractivity contribution in [1.82, 2.24) is 14.9 Å². The molecule has 0 radical (unpaired) electrons. The summed E-state index contributed by atoms with van der Waals surface area (Å²) in [6, 6.07) is 8.80. The van der Waals surface area contributed by atoms with E-state index < -0.39 is 0 Å². The molecule has 1 atom stereocenters. The van der Waals surface area contributed by atoms with Crippen molar-refractivity contribution in [1.29, 1.82) is 0 Å². The van der Waals surface area contributed by atoms with Gasteiger partial charge < -0.3 is 9.88 Å².